The van der Waals surface area contributed by atoms with Crippen LogP contribution in [0.2, 0.25) is 0 Å². The molecule has 0 spiro atoms. The second kappa shape index (κ2) is 5.92. The number of ether oxygens (including phenoxy) is 1. The Hall–Kier alpha value is -2.96. The summed E-state index contributed by atoms with van der Waals surface area (Å²) < 4.78 is 34.4. The Kier molecular flexibility index (Phi) is 3.92. The standard InChI is InChI=1S/C17H15F2N3O2/c1-9-6-14-16(17(20)23)10(2)21-22(14)15(7-9)24-8-11-12(18)4-3-5-13(11)19/h3-7H,8H2,1-2H3,(H2,20,23). The lowest BCUT2D eigenvalue weighted by atomic mass is 10.1. The highest BCUT2D eigenvalue weighted by molar-refractivity contribution is 6.01. The summed E-state index contributed by atoms with van der Waals surface area (Å²) >= 11 is 0. The lowest BCUT2D eigenvalue weighted by molar-refractivity contribution is 0.100. The monoisotopic (exact) mass is 331 g/mol. The Labute approximate surface area is 136 Å². The number of aromatic nitrogens is 2. The molecule has 124 valence electrons. The molecule has 0 aliphatic rings. The van der Waals surface area contributed by atoms with Gasteiger partial charge in [0.2, 0.25) is 5.88 Å². The van der Waals surface area contributed by atoms with Crippen LogP contribution in [0.5, 0.6) is 5.88 Å². The first-order valence-electron chi connectivity index (χ1n) is 7.24. The summed E-state index contributed by atoms with van der Waals surface area (Å²) in [6.45, 7) is 3.16. The summed E-state index contributed by atoms with van der Waals surface area (Å²) in [7, 11) is 0. The number of hydrogen-bond acceptors (Lipinski definition) is 3. The van der Waals surface area contributed by atoms with E-state index in [2.05, 4.69) is 5.10 Å². The Bertz CT molecular complexity index is 930. The number of aryl methyl sites for hydroxylation is 2. The second-order valence-electron chi connectivity index (χ2n) is 5.48. The molecule has 0 bridgehead atoms. The van der Waals surface area contributed by atoms with Crippen LogP contribution in [-0.4, -0.2) is 15.5 Å². The highest BCUT2D eigenvalue weighted by Crippen LogP contribution is 2.24. The van der Waals surface area contributed by atoms with Crippen molar-refractivity contribution in [1.29, 1.82) is 0 Å². The lowest BCUT2D eigenvalue weighted by Crippen LogP contribution is -2.12. The van der Waals surface area contributed by atoms with Gasteiger partial charge in [0.15, 0.2) is 0 Å². The second-order valence-corrected chi connectivity index (χ2v) is 5.48. The van der Waals surface area contributed by atoms with Gasteiger partial charge in [0, 0.05) is 6.07 Å². The van der Waals surface area contributed by atoms with Crippen LogP contribution in [0.1, 0.15) is 27.2 Å². The number of nitrogens with two attached hydrogens (primary N) is 1. The van der Waals surface area contributed by atoms with E-state index in [1.807, 2.05) is 6.92 Å². The quantitative estimate of drug-likeness (QED) is 0.799. The number of hydrogen-bond donors (Lipinski definition) is 1. The first-order chi connectivity index (χ1) is 11.4. The fourth-order valence-electron chi connectivity index (χ4n) is 2.58. The number of fused-ring (bicyclic) bond motifs is 1. The van der Waals surface area contributed by atoms with E-state index in [1.54, 1.807) is 19.1 Å². The predicted molar refractivity (Wildman–Crippen MR) is 83.9 cm³/mol. The van der Waals surface area contributed by atoms with Gasteiger partial charge in [-0.25, -0.2) is 8.78 Å². The minimum atomic E-state index is -0.687. The lowest BCUT2D eigenvalue weighted by Gasteiger charge is -2.10. The Morgan fingerprint density at radius 1 is 1.25 bits per heavy atom. The largest absolute Gasteiger partial charge is 0.473 e. The number of primary amides is 1. The van der Waals surface area contributed by atoms with Crippen LogP contribution in [0.15, 0.2) is 30.3 Å². The van der Waals surface area contributed by atoms with Crippen molar-refractivity contribution in [2.45, 2.75) is 20.5 Å². The van der Waals surface area contributed by atoms with Crippen LogP contribution in [-0.2, 0) is 6.61 Å². The molecule has 1 amide bonds. The molecular formula is C17H15F2N3O2. The van der Waals surface area contributed by atoms with Gasteiger partial charge >= 0.3 is 0 Å². The van der Waals surface area contributed by atoms with Crippen molar-refractivity contribution in [2.24, 2.45) is 5.73 Å². The van der Waals surface area contributed by atoms with Crippen molar-refractivity contribution in [1.82, 2.24) is 9.61 Å². The third-order valence-electron chi connectivity index (χ3n) is 3.69. The zero-order chi connectivity index (χ0) is 17.4. The van der Waals surface area contributed by atoms with Crippen molar-refractivity contribution < 1.29 is 18.3 Å². The molecule has 2 aromatic heterocycles. The number of carbonyl (C=O) groups excluding carboxylic acids is 1. The molecule has 3 aromatic rings. The maximum atomic E-state index is 13.7. The van der Waals surface area contributed by atoms with E-state index in [0.717, 1.165) is 17.7 Å². The van der Waals surface area contributed by atoms with Crippen molar-refractivity contribution >= 4 is 11.4 Å². The van der Waals surface area contributed by atoms with Gasteiger partial charge in [-0.05, 0) is 37.6 Å². The van der Waals surface area contributed by atoms with Gasteiger partial charge in [-0.15, -0.1) is 0 Å². The molecular weight excluding hydrogens is 316 g/mol. The van der Waals surface area contributed by atoms with Crippen LogP contribution in [0, 0.1) is 25.5 Å². The minimum Gasteiger partial charge on any atom is -0.473 e. The molecule has 0 fully saturated rings. The molecule has 24 heavy (non-hydrogen) atoms. The molecule has 0 aliphatic carbocycles. The number of nitrogens with zero attached hydrogens (tertiary/aromatic N) is 2. The van der Waals surface area contributed by atoms with Gasteiger partial charge in [0.05, 0.1) is 22.3 Å². The van der Waals surface area contributed by atoms with E-state index in [-0.39, 0.29) is 18.1 Å². The third kappa shape index (κ3) is 2.68. The average molecular weight is 331 g/mol. The van der Waals surface area contributed by atoms with Crippen molar-refractivity contribution in [2.75, 3.05) is 0 Å². The van der Waals surface area contributed by atoms with Gasteiger partial charge in [-0.2, -0.15) is 9.61 Å². The molecule has 7 heteroatoms. The number of carbonyl (C=O) groups is 1. The molecule has 3 rings (SSSR count). The SMILES string of the molecule is Cc1cc(OCc2c(F)cccc2F)n2nc(C)c(C(N)=O)c2c1. The van der Waals surface area contributed by atoms with Crippen LogP contribution in [0.25, 0.3) is 5.52 Å². The first-order valence-corrected chi connectivity index (χ1v) is 7.24. The zero-order valence-electron chi connectivity index (χ0n) is 13.1. The molecule has 0 saturated heterocycles. The molecule has 5 nitrogen and oxygen atoms in total. The molecule has 0 aliphatic heterocycles. The van der Waals surface area contributed by atoms with E-state index in [4.69, 9.17) is 10.5 Å². The topological polar surface area (TPSA) is 69.6 Å². The van der Waals surface area contributed by atoms with Crippen molar-refractivity contribution in [3.63, 3.8) is 0 Å². The Morgan fingerprint density at radius 2 is 1.92 bits per heavy atom. The van der Waals surface area contributed by atoms with Crippen molar-refractivity contribution in [3.05, 3.63) is 64.4 Å². The maximum absolute atomic E-state index is 13.7. The smallest absolute Gasteiger partial charge is 0.252 e. The number of rotatable bonds is 4. The van der Waals surface area contributed by atoms with E-state index in [9.17, 15) is 13.6 Å². The molecule has 0 atom stereocenters. The van der Waals surface area contributed by atoms with E-state index < -0.39 is 17.5 Å². The Balaban J connectivity index is 2.04. The summed E-state index contributed by atoms with van der Waals surface area (Å²) in [4.78, 5) is 11.6. The average Bonchev–Trinajstić information content (AvgIpc) is 2.82. The normalized spacial score (nSPS) is 11.0. The summed E-state index contributed by atoms with van der Waals surface area (Å²) in [6, 6.07) is 7.03. The molecule has 1 aromatic carbocycles. The summed E-state index contributed by atoms with van der Waals surface area (Å²) in [5.41, 5.74) is 7.26. The highest BCUT2D eigenvalue weighted by Gasteiger charge is 2.18. The molecule has 2 N–H and O–H groups in total. The van der Waals surface area contributed by atoms with Gasteiger partial charge < -0.3 is 10.5 Å². The van der Waals surface area contributed by atoms with Crippen LogP contribution < -0.4 is 10.5 Å². The van der Waals surface area contributed by atoms with E-state index in [1.165, 1.54) is 10.6 Å². The fourth-order valence-corrected chi connectivity index (χ4v) is 2.58. The molecule has 0 unspecified atom stereocenters. The van der Waals surface area contributed by atoms with E-state index >= 15 is 0 Å². The van der Waals surface area contributed by atoms with Crippen LogP contribution in [0.4, 0.5) is 8.78 Å². The first kappa shape index (κ1) is 15.9. The van der Waals surface area contributed by atoms with Crippen molar-refractivity contribution in [3.8, 4) is 5.88 Å². The maximum Gasteiger partial charge on any atom is 0.252 e. The molecule has 0 radical (unpaired) electrons. The van der Waals surface area contributed by atoms with Gasteiger partial charge in [-0.3, -0.25) is 4.79 Å². The molecule has 2 heterocycles. The van der Waals surface area contributed by atoms with E-state index in [0.29, 0.717) is 16.8 Å². The highest BCUT2D eigenvalue weighted by atomic mass is 19.1. The number of amides is 1. The third-order valence-corrected chi connectivity index (χ3v) is 3.69. The summed E-state index contributed by atoms with van der Waals surface area (Å²) in [5.74, 6) is -1.70. The van der Waals surface area contributed by atoms with Crippen LogP contribution >= 0.6 is 0 Å². The minimum absolute atomic E-state index is 0.175. The summed E-state index contributed by atoms with van der Waals surface area (Å²) in [5, 5.41) is 4.24. The zero-order valence-corrected chi connectivity index (χ0v) is 13.1. The number of halogens is 2. The number of pyridine rings is 1. The molecule has 0 saturated carbocycles. The van der Waals surface area contributed by atoms with Crippen LogP contribution in [0.3, 0.4) is 0 Å². The van der Waals surface area contributed by atoms with Gasteiger partial charge in [-0.1, -0.05) is 6.07 Å². The van der Waals surface area contributed by atoms with Gasteiger partial charge in [0.1, 0.15) is 18.2 Å². The van der Waals surface area contributed by atoms with Gasteiger partial charge in [0.25, 0.3) is 5.91 Å². The summed E-state index contributed by atoms with van der Waals surface area (Å²) in [6.07, 6.45) is 0. The predicted octanol–water partition coefficient (Wildman–Crippen LogP) is 2.91. The number of benzene rings is 1. The Morgan fingerprint density at radius 3 is 2.54 bits per heavy atom. The fraction of sp³-hybridized carbons (Fsp3) is 0.176.